The van der Waals surface area contributed by atoms with Crippen LogP contribution in [0.5, 0.6) is 0 Å². The van der Waals surface area contributed by atoms with Crippen molar-refractivity contribution in [3.05, 3.63) is 24.6 Å². The molecule has 0 aromatic carbocycles. The van der Waals surface area contributed by atoms with Crippen molar-refractivity contribution in [3.63, 3.8) is 0 Å². The molecule has 0 bridgehead atoms. The van der Waals surface area contributed by atoms with E-state index in [1.165, 1.54) is 0 Å². The Labute approximate surface area is 88.9 Å². The van der Waals surface area contributed by atoms with Crippen LogP contribution in [0.1, 0.15) is 0 Å². The van der Waals surface area contributed by atoms with Crippen LogP contribution in [0.4, 0.5) is 17.6 Å². The van der Waals surface area contributed by atoms with E-state index < -0.39 is 39.2 Å². The molecule has 0 rings (SSSR count). The second kappa shape index (κ2) is 6.08. The summed E-state index contributed by atoms with van der Waals surface area (Å²) in [5.74, 6) is -4.75. The van der Waals surface area contributed by atoms with Crippen LogP contribution >= 0.6 is 0 Å². The van der Waals surface area contributed by atoms with E-state index in [9.17, 15) is 30.5 Å². The molecule has 0 spiro atoms. The number of hydrogen-bond acceptors (Lipinski definition) is 3. The first-order valence-corrected chi connectivity index (χ1v) is 3.89. The fraction of sp³-hybridized carbons (Fsp3) is 0. The van der Waals surface area contributed by atoms with Gasteiger partial charge in [-0.25, -0.2) is 17.2 Å². The van der Waals surface area contributed by atoms with Crippen LogP contribution in [-0.4, -0.2) is 17.3 Å². The van der Waals surface area contributed by atoms with Gasteiger partial charge in [0, 0.05) is 0 Å². The van der Waals surface area contributed by atoms with Crippen molar-refractivity contribution in [2.24, 2.45) is 0 Å². The predicted molar refractivity (Wildman–Crippen MR) is 32.1 cm³/mol. The average Bonchev–Trinajstić information content (AvgIpc) is 2.01. The summed E-state index contributed by atoms with van der Waals surface area (Å²) in [5.41, 5.74) is 0. The second-order valence-electron chi connectivity index (χ2n) is 1.59. The largest absolute Gasteiger partial charge is 1.00 e. The van der Waals surface area contributed by atoms with Crippen LogP contribution in [-0.2, 0) is 10.3 Å². The molecule has 76 valence electrons. The second-order valence-corrected chi connectivity index (χ2v) is 2.81. The van der Waals surface area contributed by atoms with Gasteiger partial charge in [0.25, 0.3) is 0 Å². The van der Waals surface area contributed by atoms with Crippen LogP contribution in [0.25, 0.3) is 0 Å². The molecule has 0 aromatic heterocycles. The van der Waals surface area contributed by atoms with Crippen molar-refractivity contribution in [2.45, 2.75) is 0 Å². The third-order valence-corrected chi connectivity index (χ3v) is 1.59. The molecule has 0 amide bonds. The van der Waals surface area contributed by atoms with Gasteiger partial charge in [-0.3, -0.25) is 0 Å². The SMILES string of the molecule is O=S(=O)([O-])N(/C(F)=C/F)/C(F)=C/F.[Li+]. The van der Waals surface area contributed by atoms with Gasteiger partial charge in [-0.05, 0) is 0 Å². The zero-order valence-corrected chi connectivity index (χ0v) is 7.56. The zero-order chi connectivity index (χ0) is 10.6. The Balaban J connectivity index is 0. The number of hydrogen-bond donors (Lipinski definition) is 0. The summed E-state index contributed by atoms with van der Waals surface area (Å²) in [6, 6.07) is 0. The van der Waals surface area contributed by atoms with Gasteiger partial charge in [0.2, 0.25) is 11.9 Å². The maximum absolute atomic E-state index is 12.1. The molecule has 0 N–H and O–H groups in total. The van der Waals surface area contributed by atoms with Crippen molar-refractivity contribution in [2.75, 3.05) is 0 Å². The Hall–Kier alpha value is -0.493. The minimum absolute atomic E-state index is 0. The first kappa shape index (κ1) is 16.0. The first-order chi connectivity index (χ1) is 5.84. The molecule has 0 heterocycles. The molecule has 0 atom stereocenters. The molecule has 0 unspecified atom stereocenters. The van der Waals surface area contributed by atoms with Gasteiger partial charge in [-0.1, -0.05) is 0 Å². The van der Waals surface area contributed by atoms with Crippen molar-refractivity contribution in [3.8, 4) is 0 Å². The van der Waals surface area contributed by atoms with Crippen molar-refractivity contribution in [1.82, 2.24) is 4.31 Å². The minimum atomic E-state index is -5.67. The van der Waals surface area contributed by atoms with E-state index in [0.717, 1.165) is 0 Å². The third kappa shape index (κ3) is 4.15. The van der Waals surface area contributed by atoms with Gasteiger partial charge in [0.05, 0.1) is 0 Å². The van der Waals surface area contributed by atoms with E-state index in [-0.39, 0.29) is 18.9 Å². The summed E-state index contributed by atoms with van der Waals surface area (Å²) < 4.78 is 75.7. The Morgan fingerprint density at radius 2 is 1.43 bits per heavy atom. The molecular weight excluding hydrogens is 225 g/mol. The maximum atomic E-state index is 12.1. The molecule has 0 saturated carbocycles. The summed E-state index contributed by atoms with van der Waals surface area (Å²) in [6.45, 7) is 0. The summed E-state index contributed by atoms with van der Waals surface area (Å²) in [5, 5.41) is 0. The number of nitrogens with zero attached hydrogens (tertiary/aromatic N) is 1. The molecule has 0 fully saturated rings. The van der Waals surface area contributed by atoms with Crippen molar-refractivity contribution >= 4 is 10.3 Å². The van der Waals surface area contributed by atoms with Gasteiger partial charge >= 0.3 is 18.9 Å². The summed E-state index contributed by atoms with van der Waals surface area (Å²) in [7, 11) is -5.67. The Kier molecular flexibility index (Phi) is 6.93. The Morgan fingerprint density at radius 1 is 1.14 bits per heavy atom. The van der Waals surface area contributed by atoms with Crippen LogP contribution in [0, 0.1) is 0 Å². The molecular formula is C4H2F4LiNO3S. The van der Waals surface area contributed by atoms with E-state index in [2.05, 4.69) is 0 Å². The van der Waals surface area contributed by atoms with E-state index in [0.29, 0.717) is 0 Å². The van der Waals surface area contributed by atoms with Gasteiger partial charge in [0.15, 0.2) is 10.3 Å². The van der Waals surface area contributed by atoms with Crippen LogP contribution in [0.2, 0.25) is 0 Å². The van der Waals surface area contributed by atoms with Gasteiger partial charge in [-0.2, -0.15) is 13.1 Å². The molecule has 10 heteroatoms. The smallest absolute Gasteiger partial charge is 0.730 e. The molecule has 4 nitrogen and oxygen atoms in total. The van der Waals surface area contributed by atoms with E-state index in [1.54, 1.807) is 0 Å². The molecule has 0 aliphatic heterocycles. The van der Waals surface area contributed by atoms with E-state index in [4.69, 9.17) is 0 Å². The molecule has 0 saturated heterocycles. The molecule has 0 aliphatic carbocycles. The van der Waals surface area contributed by atoms with Gasteiger partial charge in [0.1, 0.15) is 12.7 Å². The van der Waals surface area contributed by atoms with Crippen molar-refractivity contribution < 1.29 is 49.4 Å². The molecule has 0 aromatic rings. The van der Waals surface area contributed by atoms with Crippen molar-refractivity contribution in [1.29, 1.82) is 0 Å². The average molecular weight is 227 g/mol. The first-order valence-electron chi connectivity index (χ1n) is 2.52. The quantitative estimate of drug-likeness (QED) is 0.248. The van der Waals surface area contributed by atoms with Crippen LogP contribution in [0.3, 0.4) is 0 Å². The fourth-order valence-corrected chi connectivity index (χ4v) is 0.911. The Morgan fingerprint density at radius 3 is 1.57 bits per heavy atom. The van der Waals surface area contributed by atoms with E-state index in [1.807, 2.05) is 0 Å². The van der Waals surface area contributed by atoms with Gasteiger partial charge in [-0.15, -0.1) is 0 Å². The number of halogens is 4. The summed E-state index contributed by atoms with van der Waals surface area (Å²) in [4.78, 5) is 0. The van der Waals surface area contributed by atoms with E-state index >= 15 is 0 Å². The minimum Gasteiger partial charge on any atom is -0.730 e. The maximum Gasteiger partial charge on any atom is 1.00 e. The predicted octanol–water partition coefficient (Wildman–Crippen LogP) is -1.77. The molecule has 0 aliphatic rings. The third-order valence-electron chi connectivity index (χ3n) is 0.792. The fourth-order valence-electron chi connectivity index (χ4n) is 0.404. The standard InChI is InChI=1S/C4H3F4NO3S.Li/c5-1-3(7)9(4(8)2-6)13(10,11)12;/h1-2H,(H,10,11,12);/q;+1/p-1/b3-1+,4-2+;. The molecule has 14 heavy (non-hydrogen) atoms. The zero-order valence-electron chi connectivity index (χ0n) is 6.75. The van der Waals surface area contributed by atoms with Crippen LogP contribution in [0.15, 0.2) is 24.6 Å². The normalized spacial score (nSPS) is 13.5. The monoisotopic (exact) mass is 227 g/mol. The topological polar surface area (TPSA) is 60.4 Å². The summed E-state index contributed by atoms with van der Waals surface area (Å²) in [6.07, 6.45) is -2.00. The summed E-state index contributed by atoms with van der Waals surface area (Å²) >= 11 is 0. The van der Waals surface area contributed by atoms with Gasteiger partial charge < -0.3 is 4.55 Å². The molecule has 0 radical (unpaired) electrons. The Bertz CT molecular complexity index is 322. The van der Waals surface area contributed by atoms with Crippen LogP contribution < -0.4 is 18.9 Å². The number of rotatable bonds is 3.